The minimum Gasteiger partial charge on any atom is -0.493 e. The van der Waals surface area contributed by atoms with Gasteiger partial charge < -0.3 is 10.5 Å². The second kappa shape index (κ2) is 4.22. The minimum absolute atomic E-state index is 0.0439. The molecule has 0 amide bonds. The van der Waals surface area contributed by atoms with Crippen LogP contribution in [0.1, 0.15) is 12.0 Å². The lowest BCUT2D eigenvalue weighted by Gasteiger charge is -2.16. The van der Waals surface area contributed by atoms with E-state index in [0.29, 0.717) is 24.6 Å². The van der Waals surface area contributed by atoms with Gasteiger partial charge in [-0.1, -0.05) is 0 Å². The van der Waals surface area contributed by atoms with Crippen molar-refractivity contribution in [1.29, 1.82) is 0 Å². The van der Waals surface area contributed by atoms with Crippen LogP contribution in [0.25, 0.3) is 0 Å². The molecule has 0 radical (unpaired) electrons. The van der Waals surface area contributed by atoms with Crippen molar-refractivity contribution < 1.29 is 13.2 Å². The smallest absolute Gasteiger partial charge is 0.243 e. The zero-order chi connectivity index (χ0) is 12.8. The summed E-state index contributed by atoms with van der Waals surface area (Å²) in [6.07, 6.45) is 1.51. The van der Waals surface area contributed by atoms with Crippen LogP contribution in [0.4, 0.5) is 0 Å². The molecule has 0 spiro atoms. The molecule has 0 bridgehead atoms. The maximum atomic E-state index is 12.4. The first-order chi connectivity index (χ1) is 8.57. The van der Waals surface area contributed by atoms with Gasteiger partial charge in [-0.15, -0.1) is 0 Å². The summed E-state index contributed by atoms with van der Waals surface area (Å²) in [5, 5.41) is 0. The molecule has 2 heterocycles. The van der Waals surface area contributed by atoms with Crippen molar-refractivity contribution in [3.05, 3.63) is 23.8 Å². The highest BCUT2D eigenvalue weighted by Gasteiger charge is 2.31. The van der Waals surface area contributed by atoms with Gasteiger partial charge in [0.1, 0.15) is 5.75 Å². The Morgan fingerprint density at radius 3 is 2.94 bits per heavy atom. The van der Waals surface area contributed by atoms with E-state index in [4.69, 9.17) is 10.5 Å². The molecule has 1 aromatic rings. The van der Waals surface area contributed by atoms with Gasteiger partial charge in [0, 0.05) is 25.6 Å². The summed E-state index contributed by atoms with van der Waals surface area (Å²) >= 11 is 0. The minimum atomic E-state index is -3.40. The van der Waals surface area contributed by atoms with E-state index in [1.165, 1.54) is 4.31 Å². The van der Waals surface area contributed by atoms with Crippen LogP contribution in [0, 0.1) is 0 Å². The van der Waals surface area contributed by atoms with E-state index in [0.717, 1.165) is 24.2 Å². The maximum absolute atomic E-state index is 12.4. The van der Waals surface area contributed by atoms with Gasteiger partial charge >= 0.3 is 0 Å². The molecule has 18 heavy (non-hydrogen) atoms. The lowest BCUT2D eigenvalue weighted by molar-refractivity contribution is 0.356. The van der Waals surface area contributed by atoms with E-state index in [-0.39, 0.29) is 6.04 Å². The SMILES string of the molecule is N[C@H]1CCN(S(=O)(=O)c2ccc3c(c2)CCO3)C1. The van der Waals surface area contributed by atoms with Crippen LogP contribution in [0.2, 0.25) is 0 Å². The molecule has 0 aliphatic carbocycles. The van der Waals surface area contributed by atoms with Crippen molar-refractivity contribution in [2.75, 3.05) is 19.7 Å². The Hall–Kier alpha value is -1.11. The Morgan fingerprint density at radius 1 is 1.39 bits per heavy atom. The van der Waals surface area contributed by atoms with Gasteiger partial charge in [0.05, 0.1) is 11.5 Å². The monoisotopic (exact) mass is 268 g/mol. The number of nitrogens with zero attached hydrogens (tertiary/aromatic N) is 1. The summed E-state index contributed by atoms with van der Waals surface area (Å²) in [7, 11) is -3.40. The highest BCUT2D eigenvalue weighted by molar-refractivity contribution is 7.89. The quantitative estimate of drug-likeness (QED) is 0.839. The van der Waals surface area contributed by atoms with E-state index in [1.54, 1.807) is 18.2 Å². The molecule has 2 N–H and O–H groups in total. The highest BCUT2D eigenvalue weighted by Crippen LogP contribution is 2.29. The van der Waals surface area contributed by atoms with Gasteiger partial charge in [0.25, 0.3) is 0 Å². The zero-order valence-electron chi connectivity index (χ0n) is 10.0. The fourth-order valence-electron chi connectivity index (χ4n) is 2.44. The molecule has 0 unspecified atom stereocenters. The Morgan fingerprint density at radius 2 is 2.22 bits per heavy atom. The molecule has 1 atom stereocenters. The third-order valence-electron chi connectivity index (χ3n) is 3.49. The number of fused-ring (bicyclic) bond motifs is 1. The van der Waals surface area contributed by atoms with Crippen LogP contribution < -0.4 is 10.5 Å². The predicted molar refractivity (Wildman–Crippen MR) is 67.0 cm³/mol. The molecule has 2 aliphatic heterocycles. The summed E-state index contributed by atoms with van der Waals surface area (Å²) in [5.74, 6) is 0.798. The molecular formula is C12H16N2O3S. The second-order valence-corrected chi connectivity index (χ2v) is 6.72. The van der Waals surface area contributed by atoms with E-state index in [2.05, 4.69) is 0 Å². The average Bonchev–Trinajstić information content (AvgIpc) is 2.96. The van der Waals surface area contributed by atoms with Crippen LogP contribution in [0.5, 0.6) is 5.75 Å². The van der Waals surface area contributed by atoms with Gasteiger partial charge in [-0.3, -0.25) is 0 Å². The van der Waals surface area contributed by atoms with Crippen molar-refractivity contribution in [2.45, 2.75) is 23.8 Å². The molecule has 1 saturated heterocycles. The number of hydrogen-bond acceptors (Lipinski definition) is 4. The standard InChI is InChI=1S/C12H16N2O3S/c13-10-3-5-14(8-10)18(15,16)11-1-2-12-9(7-11)4-6-17-12/h1-2,7,10H,3-6,8,13H2/t10-/m0/s1. The Labute approximate surface area is 107 Å². The predicted octanol–water partition coefficient (Wildman–Crippen LogP) is 0.343. The molecular weight excluding hydrogens is 252 g/mol. The average molecular weight is 268 g/mol. The summed E-state index contributed by atoms with van der Waals surface area (Å²) in [6, 6.07) is 5.04. The number of rotatable bonds is 2. The lowest BCUT2D eigenvalue weighted by atomic mass is 10.2. The fraction of sp³-hybridized carbons (Fsp3) is 0.500. The molecule has 5 nitrogen and oxygen atoms in total. The third-order valence-corrected chi connectivity index (χ3v) is 5.35. The first-order valence-electron chi connectivity index (χ1n) is 6.09. The largest absolute Gasteiger partial charge is 0.493 e. The van der Waals surface area contributed by atoms with E-state index >= 15 is 0 Å². The van der Waals surface area contributed by atoms with Gasteiger partial charge in [-0.2, -0.15) is 4.31 Å². The number of nitrogens with two attached hydrogens (primary N) is 1. The Bertz CT molecular complexity index is 571. The fourth-order valence-corrected chi connectivity index (χ4v) is 4.01. The summed E-state index contributed by atoms with van der Waals surface area (Å²) in [6.45, 7) is 1.56. The molecule has 1 aromatic carbocycles. The molecule has 6 heteroatoms. The van der Waals surface area contributed by atoms with Crippen molar-refractivity contribution in [3.8, 4) is 5.75 Å². The van der Waals surface area contributed by atoms with Gasteiger partial charge in [-0.25, -0.2) is 8.42 Å². The summed E-state index contributed by atoms with van der Waals surface area (Å²) in [5.41, 5.74) is 6.74. The highest BCUT2D eigenvalue weighted by atomic mass is 32.2. The van der Waals surface area contributed by atoms with Crippen molar-refractivity contribution >= 4 is 10.0 Å². The molecule has 0 aromatic heterocycles. The van der Waals surface area contributed by atoms with Gasteiger partial charge in [-0.05, 0) is 30.2 Å². The van der Waals surface area contributed by atoms with E-state index in [1.807, 2.05) is 0 Å². The maximum Gasteiger partial charge on any atom is 0.243 e. The number of ether oxygens (including phenoxy) is 1. The van der Waals surface area contributed by atoms with Crippen LogP contribution in [0.3, 0.4) is 0 Å². The first-order valence-corrected chi connectivity index (χ1v) is 7.53. The van der Waals surface area contributed by atoms with Crippen LogP contribution in [0.15, 0.2) is 23.1 Å². The van der Waals surface area contributed by atoms with Crippen LogP contribution >= 0.6 is 0 Å². The van der Waals surface area contributed by atoms with E-state index < -0.39 is 10.0 Å². The topological polar surface area (TPSA) is 72.6 Å². The van der Waals surface area contributed by atoms with Crippen LogP contribution in [-0.2, 0) is 16.4 Å². The molecule has 1 fully saturated rings. The first kappa shape index (κ1) is 12.0. The van der Waals surface area contributed by atoms with E-state index in [9.17, 15) is 8.42 Å². The summed E-state index contributed by atoms with van der Waals surface area (Å²) in [4.78, 5) is 0.348. The lowest BCUT2D eigenvalue weighted by Crippen LogP contribution is -2.32. The molecule has 3 rings (SSSR count). The van der Waals surface area contributed by atoms with Crippen LogP contribution in [-0.4, -0.2) is 38.5 Å². The number of benzene rings is 1. The Kier molecular flexibility index (Phi) is 2.80. The second-order valence-electron chi connectivity index (χ2n) is 4.78. The third kappa shape index (κ3) is 1.90. The number of sulfonamides is 1. The summed E-state index contributed by atoms with van der Waals surface area (Å²) < 4.78 is 31.7. The molecule has 0 saturated carbocycles. The molecule has 2 aliphatic rings. The zero-order valence-corrected chi connectivity index (χ0v) is 10.8. The molecule has 98 valence electrons. The van der Waals surface area contributed by atoms with Crippen molar-refractivity contribution in [1.82, 2.24) is 4.31 Å². The normalized spacial score (nSPS) is 23.9. The van der Waals surface area contributed by atoms with Crippen molar-refractivity contribution in [2.24, 2.45) is 5.73 Å². The van der Waals surface area contributed by atoms with Gasteiger partial charge in [0.2, 0.25) is 10.0 Å². The van der Waals surface area contributed by atoms with Crippen molar-refractivity contribution in [3.63, 3.8) is 0 Å². The number of hydrogen-bond donors (Lipinski definition) is 1. The van der Waals surface area contributed by atoms with Gasteiger partial charge in [0.15, 0.2) is 0 Å². The Balaban J connectivity index is 1.94.